The van der Waals surface area contributed by atoms with Gasteiger partial charge in [0.1, 0.15) is 23.4 Å². The standard InChI is InChI=1S/C15H23FN3O8PS/c1-7-4-8(21)9(26-7)6-25-28(23,24)27-13-10(5-20)29-14(12(13)16)19-3-2-11(17)18-15(19)22/h2-3,7-10,12-14,20-21H,4-6H2,1H3,(H,23,24)(H2,17,18,22)/t7?,8?,9?,10?,12-,13?,14?/m0/s1. The highest BCUT2D eigenvalue weighted by atomic mass is 32.2. The predicted molar refractivity (Wildman–Crippen MR) is 101 cm³/mol. The molecule has 11 nitrogen and oxygen atoms in total. The summed E-state index contributed by atoms with van der Waals surface area (Å²) < 4.78 is 43.5. The van der Waals surface area contributed by atoms with Crippen LogP contribution >= 0.6 is 19.6 Å². The van der Waals surface area contributed by atoms with Crippen molar-refractivity contribution < 1.29 is 37.8 Å². The SMILES string of the molecule is CC1CC(O)C(COP(=O)(O)OC2C(CO)SC(n3ccc(N)nc3=O)[C@H]2F)O1. The summed E-state index contributed by atoms with van der Waals surface area (Å²) in [5.41, 5.74) is 4.63. The molecule has 0 aliphatic carbocycles. The van der Waals surface area contributed by atoms with Gasteiger partial charge in [0.2, 0.25) is 0 Å². The van der Waals surface area contributed by atoms with Crippen LogP contribution in [0.3, 0.4) is 0 Å². The van der Waals surface area contributed by atoms with Gasteiger partial charge >= 0.3 is 13.5 Å². The second-order valence-corrected chi connectivity index (χ2v) is 9.62. The largest absolute Gasteiger partial charge is 0.472 e. The molecule has 164 valence electrons. The third kappa shape index (κ3) is 5.17. The van der Waals surface area contributed by atoms with Gasteiger partial charge in [0, 0.05) is 12.6 Å². The molecule has 5 N–H and O–H groups in total. The van der Waals surface area contributed by atoms with Crippen LogP contribution in [-0.4, -0.2) is 73.7 Å². The average Bonchev–Trinajstić information content (AvgIpc) is 3.12. The van der Waals surface area contributed by atoms with Crippen LogP contribution in [0.1, 0.15) is 18.7 Å². The van der Waals surface area contributed by atoms with Crippen molar-refractivity contribution in [2.24, 2.45) is 0 Å². The molecule has 29 heavy (non-hydrogen) atoms. The Morgan fingerprint density at radius 2 is 2.28 bits per heavy atom. The molecule has 2 fully saturated rings. The number of nitrogens with two attached hydrogens (primary N) is 1. The lowest BCUT2D eigenvalue weighted by Gasteiger charge is -2.23. The Hall–Kier alpha value is -1.05. The quantitative estimate of drug-likeness (QED) is 0.403. The number of rotatable bonds is 7. The number of aliphatic hydroxyl groups is 2. The molecule has 8 atom stereocenters. The fraction of sp³-hybridized carbons (Fsp3) is 0.733. The molecule has 0 radical (unpaired) electrons. The number of halogens is 1. The number of phosphoric ester groups is 1. The summed E-state index contributed by atoms with van der Waals surface area (Å²) in [6.45, 7) is 0.748. The minimum atomic E-state index is -4.74. The fourth-order valence-electron chi connectivity index (χ4n) is 3.25. The molecule has 3 heterocycles. The van der Waals surface area contributed by atoms with E-state index < -0.39 is 61.8 Å². The summed E-state index contributed by atoms with van der Waals surface area (Å²) in [7, 11) is -4.74. The number of hydrogen-bond donors (Lipinski definition) is 4. The smallest absolute Gasteiger partial charge is 0.395 e. The highest BCUT2D eigenvalue weighted by molar-refractivity contribution is 8.00. The van der Waals surface area contributed by atoms with Crippen LogP contribution in [-0.2, 0) is 18.3 Å². The summed E-state index contributed by atoms with van der Waals surface area (Å²) in [6, 6.07) is 1.31. The molecule has 14 heteroatoms. The summed E-state index contributed by atoms with van der Waals surface area (Å²) in [5, 5.41) is 17.3. The lowest BCUT2D eigenvalue weighted by Crippen LogP contribution is -2.35. The van der Waals surface area contributed by atoms with Crippen molar-refractivity contribution in [1.82, 2.24) is 9.55 Å². The fourth-order valence-corrected chi connectivity index (χ4v) is 5.70. The van der Waals surface area contributed by atoms with Crippen molar-refractivity contribution in [1.29, 1.82) is 0 Å². The highest BCUT2D eigenvalue weighted by Gasteiger charge is 2.50. The maximum absolute atomic E-state index is 15.0. The normalized spacial score (nSPS) is 36.9. The van der Waals surface area contributed by atoms with Gasteiger partial charge in [0.15, 0.2) is 6.17 Å². The molecule has 0 amide bonds. The maximum Gasteiger partial charge on any atom is 0.472 e. The molecule has 0 aromatic carbocycles. The van der Waals surface area contributed by atoms with Gasteiger partial charge in [-0.15, -0.1) is 11.8 Å². The first-order valence-electron chi connectivity index (χ1n) is 8.85. The molecule has 1 aromatic rings. The van der Waals surface area contributed by atoms with Gasteiger partial charge in [-0.25, -0.2) is 13.8 Å². The minimum Gasteiger partial charge on any atom is -0.395 e. The summed E-state index contributed by atoms with van der Waals surface area (Å²) in [5.74, 6) is -0.0324. The Labute approximate surface area is 169 Å². The van der Waals surface area contributed by atoms with E-state index in [1.165, 1.54) is 12.3 Å². The van der Waals surface area contributed by atoms with Gasteiger partial charge in [-0.3, -0.25) is 13.6 Å². The number of thioether (sulfide) groups is 1. The van der Waals surface area contributed by atoms with Crippen LogP contribution in [0, 0.1) is 0 Å². The molecule has 2 aliphatic heterocycles. The number of nitrogens with zero attached hydrogens (tertiary/aromatic N) is 2. The number of ether oxygens (including phenoxy) is 1. The third-order valence-electron chi connectivity index (χ3n) is 4.64. The molecule has 3 rings (SSSR count). The molecule has 0 spiro atoms. The minimum absolute atomic E-state index is 0.0324. The maximum atomic E-state index is 15.0. The number of phosphoric acid groups is 1. The summed E-state index contributed by atoms with van der Waals surface area (Å²) >= 11 is 0.864. The number of aromatic nitrogens is 2. The van der Waals surface area contributed by atoms with E-state index in [1.54, 1.807) is 6.92 Å². The van der Waals surface area contributed by atoms with Crippen molar-refractivity contribution >= 4 is 25.4 Å². The van der Waals surface area contributed by atoms with Gasteiger partial charge in [0.05, 0.1) is 30.7 Å². The number of anilines is 1. The highest BCUT2D eigenvalue weighted by Crippen LogP contribution is 2.53. The Bertz CT molecular complexity index is 831. The van der Waals surface area contributed by atoms with E-state index in [2.05, 4.69) is 4.98 Å². The first kappa shape index (κ1) is 22.6. The van der Waals surface area contributed by atoms with Crippen molar-refractivity contribution in [3.63, 3.8) is 0 Å². The van der Waals surface area contributed by atoms with Gasteiger partial charge in [-0.2, -0.15) is 4.98 Å². The van der Waals surface area contributed by atoms with E-state index in [0.29, 0.717) is 6.42 Å². The monoisotopic (exact) mass is 455 g/mol. The van der Waals surface area contributed by atoms with Crippen LogP contribution in [0.5, 0.6) is 0 Å². The van der Waals surface area contributed by atoms with Crippen LogP contribution in [0.2, 0.25) is 0 Å². The van der Waals surface area contributed by atoms with E-state index in [1.807, 2.05) is 0 Å². The summed E-state index contributed by atoms with van der Waals surface area (Å²) in [6.07, 6.45) is -3.74. The molecular weight excluding hydrogens is 432 g/mol. The van der Waals surface area contributed by atoms with Crippen LogP contribution in [0.25, 0.3) is 0 Å². The second-order valence-electron chi connectivity index (χ2n) is 6.86. The van der Waals surface area contributed by atoms with Crippen molar-refractivity contribution in [3.05, 3.63) is 22.7 Å². The molecular formula is C15H23FN3O8PS. The van der Waals surface area contributed by atoms with Gasteiger partial charge in [0.25, 0.3) is 0 Å². The predicted octanol–water partition coefficient (Wildman–Crippen LogP) is -0.190. The first-order valence-corrected chi connectivity index (χ1v) is 11.3. The van der Waals surface area contributed by atoms with Crippen molar-refractivity contribution in [3.8, 4) is 0 Å². The lowest BCUT2D eigenvalue weighted by molar-refractivity contribution is -0.0258. The molecule has 2 saturated heterocycles. The number of alkyl halides is 1. The Morgan fingerprint density at radius 3 is 2.86 bits per heavy atom. The zero-order valence-corrected chi connectivity index (χ0v) is 17.1. The van der Waals surface area contributed by atoms with E-state index in [0.717, 1.165) is 16.3 Å². The topological polar surface area (TPSA) is 166 Å². The molecule has 0 bridgehead atoms. The van der Waals surface area contributed by atoms with Crippen molar-refractivity contribution in [2.45, 2.75) is 54.6 Å². The van der Waals surface area contributed by atoms with Crippen LogP contribution in [0.4, 0.5) is 10.2 Å². The van der Waals surface area contributed by atoms with E-state index >= 15 is 4.39 Å². The lowest BCUT2D eigenvalue weighted by atomic mass is 10.1. The number of nitrogen functional groups attached to an aromatic ring is 1. The van der Waals surface area contributed by atoms with Crippen molar-refractivity contribution in [2.75, 3.05) is 18.9 Å². The molecule has 2 aliphatic rings. The molecule has 0 saturated carbocycles. The summed E-state index contributed by atoms with van der Waals surface area (Å²) in [4.78, 5) is 25.5. The van der Waals surface area contributed by atoms with Gasteiger partial charge in [-0.1, -0.05) is 0 Å². The van der Waals surface area contributed by atoms with E-state index in [-0.39, 0.29) is 11.9 Å². The average molecular weight is 455 g/mol. The molecule has 1 aromatic heterocycles. The van der Waals surface area contributed by atoms with Gasteiger partial charge < -0.3 is 25.6 Å². The third-order valence-corrected chi connectivity index (χ3v) is 7.16. The second kappa shape index (κ2) is 8.98. The van der Waals surface area contributed by atoms with Crippen LogP contribution < -0.4 is 11.4 Å². The number of aliphatic hydroxyl groups excluding tert-OH is 2. The zero-order chi connectivity index (χ0) is 21.3. The Kier molecular flexibility index (Phi) is 7.01. The Morgan fingerprint density at radius 1 is 1.55 bits per heavy atom. The Balaban J connectivity index is 1.68. The van der Waals surface area contributed by atoms with E-state index in [9.17, 15) is 24.5 Å². The zero-order valence-electron chi connectivity index (χ0n) is 15.4. The van der Waals surface area contributed by atoms with Gasteiger partial charge in [-0.05, 0) is 13.0 Å². The molecule has 7 unspecified atom stereocenters. The van der Waals surface area contributed by atoms with E-state index in [4.69, 9.17) is 19.5 Å². The number of hydrogen-bond acceptors (Lipinski definition) is 10. The first-order chi connectivity index (χ1) is 13.6. The van der Waals surface area contributed by atoms with Crippen LogP contribution in [0.15, 0.2) is 17.1 Å².